The van der Waals surface area contributed by atoms with Gasteiger partial charge in [-0.3, -0.25) is 20.1 Å². The summed E-state index contributed by atoms with van der Waals surface area (Å²) in [5.74, 6) is -0.243. The minimum Gasteiger partial charge on any atom is -0.464 e. The van der Waals surface area contributed by atoms with E-state index < -0.39 is 23.2 Å². The molecule has 3 saturated heterocycles. The third-order valence-electron chi connectivity index (χ3n) is 12.3. The van der Waals surface area contributed by atoms with E-state index in [4.69, 9.17) is 24.2 Å². The number of pyridine rings is 1. The number of thiazole rings is 1. The Bertz CT molecular complexity index is 2210. The molecule has 3 fully saturated rings. The maximum absolute atomic E-state index is 13.3. The molecule has 7 rings (SSSR count). The molecule has 3 N–H and O–H groups in total. The molecule has 6 heterocycles. The van der Waals surface area contributed by atoms with Crippen molar-refractivity contribution in [3.05, 3.63) is 52.1 Å². The van der Waals surface area contributed by atoms with Gasteiger partial charge in [0, 0.05) is 85.1 Å². The molecule has 0 spiro atoms. The molecule has 3 aliphatic heterocycles. The second-order valence-electron chi connectivity index (χ2n) is 18.9. The Kier molecular flexibility index (Phi) is 14.4. The largest absolute Gasteiger partial charge is 0.464 e. The number of carbonyl (C=O) groups excluding carboxylic acids is 3. The number of hydrogen-bond acceptors (Lipinski definition) is 13. The van der Waals surface area contributed by atoms with Crippen LogP contribution in [0.15, 0.2) is 35.8 Å². The zero-order valence-electron chi connectivity index (χ0n) is 37.8. The molecule has 1 unspecified atom stereocenters. The number of esters is 1. The van der Waals surface area contributed by atoms with Crippen LogP contribution >= 0.6 is 11.3 Å². The summed E-state index contributed by atoms with van der Waals surface area (Å²) in [6.07, 6.45) is 8.12. The molecule has 0 bridgehead atoms. The number of amides is 1. The molecular formula is C47H66N8O6S. The molecule has 4 aromatic rings. The van der Waals surface area contributed by atoms with Crippen LogP contribution in [0.2, 0.25) is 0 Å². The van der Waals surface area contributed by atoms with Gasteiger partial charge in [0.25, 0.3) is 0 Å². The SMILES string of the molecule is CCn1c(-c2cc(N3CCN4CCCC[C@@H]4C3)cnc2[C@H](C)OC)c(CC(C)(C)COC(=O)C2CCCNN2)c2cc(-c3csc(C[C@@H](C=O)NC(=O)OC(C)(C)C)n3)ccc21. The smallest absolute Gasteiger partial charge is 0.408 e. The number of aryl methyl sites for hydroxylation is 1. The fourth-order valence-electron chi connectivity index (χ4n) is 9.10. The number of anilines is 1. The number of piperazine rings is 1. The number of carbonyl (C=O) groups is 3. The molecule has 3 aliphatic rings. The number of methoxy groups -OCH3 is 1. The highest BCUT2D eigenvalue weighted by molar-refractivity contribution is 7.10. The Morgan fingerprint density at radius 3 is 2.63 bits per heavy atom. The van der Waals surface area contributed by atoms with Crippen molar-refractivity contribution in [1.82, 2.24) is 35.6 Å². The van der Waals surface area contributed by atoms with Crippen molar-refractivity contribution in [3.63, 3.8) is 0 Å². The van der Waals surface area contributed by atoms with E-state index in [0.29, 0.717) is 19.0 Å². The third kappa shape index (κ3) is 10.7. The average Bonchev–Trinajstić information content (AvgIpc) is 3.85. The summed E-state index contributed by atoms with van der Waals surface area (Å²) in [4.78, 5) is 53.1. The summed E-state index contributed by atoms with van der Waals surface area (Å²) in [6, 6.07) is 8.22. The van der Waals surface area contributed by atoms with Gasteiger partial charge in [0.05, 0.1) is 52.7 Å². The van der Waals surface area contributed by atoms with Crippen molar-refractivity contribution in [2.75, 3.05) is 51.3 Å². The number of hydrazine groups is 1. The number of hydrogen-bond donors (Lipinski definition) is 3. The molecule has 4 atom stereocenters. The summed E-state index contributed by atoms with van der Waals surface area (Å²) in [6.45, 7) is 19.9. The molecule has 0 aliphatic carbocycles. The first-order chi connectivity index (χ1) is 29.7. The van der Waals surface area contributed by atoms with E-state index in [1.165, 1.54) is 37.1 Å². The number of aldehydes is 1. The second-order valence-corrected chi connectivity index (χ2v) is 19.8. The monoisotopic (exact) mass is 870 g/mol. The average molecular weight is 871 g/mol. The van der Waals surface area contributed by atoms with Crippen molar-refractivity contribution >= 4 is 46.3 Å². The molecule has 1 amide bonds. The van der Waals surface area contributed by atoms with Gasteiger partial charge < -0.3 is 33.8 Å². The fraction of sp³-hybridized carbons (Fsp3) is 0.596. The molecule has 62 heavy (non-hydrogen) atoms. The Balaban J connectivity index is 1.29. The molecule has 14 nitrogen and oxygen atoms in total. The summed E-state index contributed by atoms with van der Waals surface area (Å²) >= 11 is 1.45. The molecule has 0 radical (unpaired) electrons. The van der Waals surface area contributed by atoms with Crippen molar-refractivity contribution in [1.29, 1.82) is 0 Å². The Morgan fingerprint density at radius 1 is 1.08 bits per heavy atom. The fourth-order valence-corrected chi connectivity index (χ4v) is 9.97. The predicted octanol–water partition coefficient (Wildman–Crippen LogP) is 7.23. The molecule has 336 valence electrons. The van der Waals surface area contributed by atoms with Gasteiger partial charge in [0.2, 0.25) is 0 Å². The minimum atomic E-state index is -0.778. The molecule has 0 saturated carbocycles. The maximum atomic E-state index is 13.3. The maximum Gasteiger partial charge on any atom is 0.408 e. The van der Waals surface area contributed by atoms with Crippen molar-refractivity contribution < 1.29 is 28.6 Å². The van der Waals surface area contributed by atoms with Crippen molar-refractivity contribution in [2.24, 2.45) is 5.41 Å². The quantitative estimate of drug-likeness (QED) is 0.0817. The van der Waals surface area contributed by atoms with Crippen LogP contribution in [-0.2, 0) is 43.2 Å². The molecule has 3 aromatic heterocycles. The summed E-state index contributed by atoms with van der Waals surface area (Å²) < 4.78 is 19.8. The Morgan fingerprint density at radius 2 is 1.90 bits per heavy atom. The highest BCUT2D eigenvalue weighted by Crippen LogP contribution is 2.43. The van der Waals surface area contributed by atoms with Crippen LogP contribution < -0.4 is 21.1 Å². The van der Waals surface area contributed by atoms with Gasteiger partial charge in [-0.05, 0) is 97.0 Å². The standard InChI is InChI=1S/C47H66N8O6S/c1-9-55-40-16-15-31(39-28-62-41(51-39)22-32(27-56)50-45(58)61-46(3,4)5)21-35(40)37(24-47(6,7)29-60-44(57)38-14-12-17-49-52-38)43(55)36-23-34(25-48-42(36)30(2)59-8)54-20-19-53-18-11-10-13-33(53)26-54/h15-16,21,23,25,27-28,30,32-33,38,49,52H,9-14,17-20,22,24,26,29H2,1-8H3,(H,50,58)/t30-,32-,33+,38?/m0/s1. The number of ether oxygens (including phenoxy) is 3. The first kappa shape index (κ1) is 45.6. The van der Waals surface area contributed by atoms with Crippen LogP contribution in [-0.4, -0.2) is 108 Å². The first-order valence-electron chi connectivity index (χ1n) is 22.4. The summed E-state index contributed by atoms with van der Waals surface area (Å²) in [5, 5.41) is 6.48. The highest BCUT2D eigenvalue weighted by atomic mass is 32.1. The Hall–Kier alpha value is -4.41. The van der Waals surface area contributed by atoms with E-state index in [0.717, 1.165) is 101 Å². The van der Waals surface area contributed by atoms with E-state index in [-0.39, 0.29) is 31.1 Å². The topological polar surface area (TPSA) is 152 Å². The van der Waals surface area contributed by atoms with E-state index in [9.17, 15) is 14.4 Å². The highest BCUT2D eigenvalue weighted by Gasteiger charge is 2.33. The zero-order valence-corrected chi connectivity index (χ0v) is 38.7. The van der Waals surface area contributed by atoms with Crippen molar-refractivity contribution in [3.8, 4) is 22.5 Å². The lowest BCUT2D eigenvalue weighted by molar-refractivity contribution is -0.150. The van der Waals surface area contributed by atoms with Crippen LogP contribution in [0.25, 0.3) is 33.4 Å². The minimum absolute atomic E-state index is 0.243. The normalized spacial score (nSPS) is 19.8. The number of aromatic nitrogens is 3. The second kappa shape index (κ2) is 19.5. The van der Waals surface area contributed by atoms with Gasteiger partial charge in [-0.25, -0.2) is 15.2 Å². The van der Waals surface area contributed by atoms with Gasteiger partial charge in [-0.15, -0.1) is 11.3 Å². The van der Waals surface area contributed by atoms with E-state index in [2.05, 4.69) is 82.5 Å². The van der Waals surface area contributed by atoms with E-state index in [1.54, 1.807) is 27.9 Å². The Labute approximate surface area is 370 Å². The molecule has 1 aromatic carbocycles. The lowest BCUT2D eigenvalue weighted by atomic mass is 9.84. The lowest BCUT2D eigenvalue weighted by Crippen LogP contribution is -2.54. The van der Waals surface area contributed by atoms with Gasteiger partial charge >= 0.3 is 12.1 Å². The zero-order chi connectivity index (χ0) is 44.2. The molecular weight excluding hydrogens is 805 g/mol. The number of fused-ring (bicyclic) bond motifs is 2. The van der Waals surface area contributed by atoms with Gasteiger partial charge in [-0.2, -0.15) is 0 Å². The first-order valence-corrected chi connectivity index (χ1v) is 23.3. The number of nitrogens with one attached hydrogen (secondary N) is 3. The third-order valence-corrected chi connectivity index (χ3v) is 13.2. The summed E-state index contributed by atoms with van der Waals surface area (Å²) in [5.41, 5.74) is 13.1. The lowest BCUT2D eigenvalue weighted by Gasteiger charge is -2.45. The van der Waals surface area contributed by atoms with Gasteiger partial charge in [-0.1, -0.05) is 26.3 Å². The number of nitrogens with zero attached hydrogens (tertiary/aromatic N) is 5. The number of rotatable bonds is 15. The van der Waals surface area contributed by atoms with Crippen LogP contribution in [0.3, 0.4) is 0 Å². The molecule has 15 heteroatoms. The van der Waals surface area contributed by atoms with Crippen LogP contribution in [0, 0.1) is 5.41 Å². The van der Waals surface area contributed by atoms with Crippen LogP contribution in [0.5, 0.6) is 0 Å². The van der Waals surface area contributed by atoms with E-state index in [1.807, 2.05) is 11.6 Å². The van der Waals surface area contributed by atoms with Gasteiger partial charge in [0.1, 0.15) is 17.9 Å². The number of alkyl carbamates (subject to hydrolysis) is 1. The van der Waals surface area contributed by atoms with Crippen LogP contribution in [0.4, 0.5) is 10.5 Å². The van der Waals surface area contributed by atoms with Gasteiger partial charge in [0.15, 0.2) is 0 Å². The number of benzene rings is 1. The van der Waals surface area contributed by atoms with Crippen molar-refractivity contribution in [2.45, 2.75) is 130 Å². The van der Waals surface area contributed by atoms with E-state index >= 15 is 0 Å². The van der Waals surface area contributed by atoms with Crippen LogP contribution in [0.1, 0.15) is 103 Å². The number of piperidine rings is 1. The predicted molar refractivity (Wildman–Crippen MR) is 244 cm³/mol. The summed E-state index contributed by atoms with van der Waals surface area (Å²) in [7, 11) is 1.73.